The number of hydrogen-bond donors (Lipinski definition) is 1. The molecule has 120 valence electrons. The van der Waals surface area contributed by atoms with Gasteiger partial charge in [-0.15, -0.1) is 0 Å². The Bertz CT molecular complexity index is 714. The number of aryl methyl sites for hydroxylation is 1. The summed E-state index contributed by atoms with van der Waals surface area (Å²) in [5.41, 5.74) is 2.11. The summed E-state index contributed by atoms with van der Waals surface area (Å²) in [6.45, 7) is 5.09. The van der Waals surface area contributed by atoms with Gasteiger partial charge in [-0.1, -0.05) is 6.07 Å². The summed E-state index contributed by atoms with van der Waals surface area (Å²) in [7, 11) is 0. The van der Waals surface area contributed by atoms with Gasteiger partial charge in [-0.25, -0.2) is 4.98 Å². The smallest absolute Gasteiger partial charge is 0.231 e. The van der Waals surface area contributed by atoms with Gasteiger partial charge in [0.1, 0.15) is 5.82 Å². The van der Waals surface area contributed by atoms with Crippen molar-refractivity contribution in [2.45, 2.75) is 26.3 Å². The number of ether oxygens (including phenoxy) is 2. The second-order valence-corrected chi connectivity index (χ2v) is 5.93. The van der Waals surface area contributed by atoms with Gasteiger partial charge in [-0.3, -0.25) is 0 Å². The van der Waals surface area contributed by atoms with Crippen LogP contribution in [-0.2, 0) is 6.54 Å². The van der Waals surface area contributed by atoms with Crippen molar-refractivity contribution in [3.8, 4) is 11.5 Å². The van der Waals surface area contributed by atoms with Crippen molar-refractivity contribution in [2.75, 3.05) is 30.1 Å². The number of hydrogen-bond acceptors (Lipinski definition) is 6. The maximum Gasteiger partial charge on any atom is 0.231 e. The lowest BCUT2D eigenvalue weighted by Gasteiger charge is -2.17. The zero-order valence-electron chi connectivity index (χ0n) is 13.2. The highest BCUT2D eigenvalue weighted by atomic mass is 16.7. The van der Waals surface area contributed by atoms with Gasteiger partial charge in [-0.05, 0) is 37.5 Å². The fourth-order valence-electron chi connectivity index (χ4n) is 2.95. The Balaban J connectivity index is 1.48. The second kappa shape index (κ2) is 5.95. The molecule has 0 atom stereocenters. The molecule has 0 radical (unpaired) electrons. The lowest BCUT2D eigenvalue weighted by atomic mass is 10.2. The Kier molecular flexibility index (Phi) is 3.65. The Hall–Kier alpha value is -2.50. The third-order valence-corrected chi connectivity index (χ3v) is 4.14. The first-order chi connectivity index (χ1) is 11.3. The van der Waals surface area contributed by atoms with Crippen LogP contribution in [0.4, 0.5) is 11.8 Å². The third kappa shape index (κ3) is 3.02. The Morgan fingerprint density at radius 1 is 1.09 bits per heavy atom. The number of nitrogens with zero attached hydrogens (tertiary/aromatic N) is 3. The summed E-state index contributed by atoms with van der Waals surface area (Å²) in [4.78, 5) is 11.5. The van der Waals surface area contributed by atoms with Gasteiger partial charge in [0.15, 0.2) is 11.5 Å². The Morgan fingerprint density at radius 2 is 1.91 bits per heavy atom. The third-order valence-electron chi connectivity index (χ3n) is 4.14. The van der Waals surface area contributed by atoms with Crippen LogP contribution in [0.1, 0.15) is 24.1 Å². The Labute approximate surface area is 135 Å². The van der Waals surface area contributed by atoms with Crippen molar-refractivity contribution in [3.63, 3.8) is 0 Å². The van der Waals surface area contributed by atoms with E-state index in [1.54, 1.807) is 0 Å². The van der Waals surface area contributed by atoms with Crippen LogP contribution in [0.25, 0.3) is 0 Å². The summed E-state index contributed by atoms with van der Waals surface area (Å²) in [5.74, 6) is 3.30. The molecule has 6 nitrogen and oxygen atoms in total. The van der Waals surface area contributed by atoms with Crippen molar-refractivity contribution in [1.29, 1.82) is 0 Å². The van der Waals surface area contributed by atoms with E-state index < -0.39 is 0 Å². The maximum absolute atomic E-state index is 5.41. The summed E-state index contributed by atoms with van der Waals surface area (Å²) >= 11 is 0. The first kappa shape index (κ1) is 14.1. The summed E-state index contributed by atoms with van der Waals surface area (Å²) in [5, 5.41) is 3.38. The number of anilines is 2. The average molecular weight is 312 g/mol. The number of aromatic nitrogens is 2. The summed E-state index contributed by atoms with van der Waals surface area (Å²) in [6.07, 6.45) is 2.44. The first-order valence-electron chi connectivity index (χ1n) is 8.01. The van der Waals surface area contributed by atoms with E-state index in [2.05, 4.69) is 20.2 Å². The molecule has 2 aromatic rings. The van der Waals surface area contributed by atoms with E-state index in [9.17, 15) is 0 Å². The molecule has 0 bridgehead atoms. The van der Waals surface area contributed by atoms with E-state index in [1.807, 2.05) is 31.2 Å². The van der Waals surface area contributed by atoms with E-state index in [0.29, 0.717) is 13.3 Å². The maximum atomic E-state index is 5.41. The van der Waals surface area contributed by atoms with Crippen LogP contribution in [0.2, 0.25) is 0 Å². The quantitative estimate of drug-likeness (QED) is 0.937. The number of rotatable bonds is 4. The fraction of sp³-hybridized carbons (Fsp3) is 0.412. The van der Waals surface area contributed by atoms with Crippen LogP contribution in [0.15, 0.2) is 24.3 Å². The fourth-order valence-corrected chi connectivity index (χ4v) is 2.95. The van der Waals surface area contributed by atoms with Gasteiger partial charge < -0.3 is 19.7 Å². The van der Waals surface area contributed by atoms with Gasteiger partial charge >= 0.3 is 0 Å². The summed E-state index contributed by atoms with van der Waals surface area (Å²) < 4.78 is 10.8. The minimum absolute atomic E-state index is 0.302. The van der Waals surface area contributed by atoms with Crippen LogP contribution in [0.5, 0.6) is 11.5 Å². The molecule has 0 spiro atoms. The number of benzene rings is 1. The van der Waals surface area contributed by atoms with Crippen molar-refractivity contribution in [1.82, 2.24) is 9.97 Å². The van der Waals surface area contributed by atoms with Gasteiger partial charge in [0.05, 0.1) is 0 Å². The molecule has 1 aromatic heterocycles. The molecule has 23 heavy (non-hydrogen) atoms. The molecule has 1 saturated heterocycles. The van der Waals surface area contributed by atoms with Crippen LogP contribution >= 0.6 is 0 Å². The van der Waals surface area contributed by atoms with Gasteiger partial charge in [-0.2, -0.15) is 4.98 Å². The predicted molar refractivity (Wildman–Crippen MR) is 88.1 cm³/mol. The molecule has 0 aliphatic carbocycles. The molecule has 1 fully saturated rings. The SMILES string of the molecule is Cc1cc(NCc2ccc3c(c2)OCO3)nc(N2CCCC2)n1. The van der Waals surface area contributed by atoms with E-state index in [-0.39, 0.29) is 0 Å². The zero-order chi connectivity index (χ0) is 15.6. The highest BCUT2D eigenvalue weighted by Crippen LogP contribution is 2.32. The van der Waals surface area contributed by atoms with Crippen molar-refractivity contribution in [3.05, 3.63) is 35.5 Å². The van der Waals surface area contributed by atoms with Crippen LogP contribution < -0.4 is 19.7 Å². The van der Waals surface area contributed by atoms with Gasteiger partial charge in [0.2, 0.25) is 12.7 Å². The lowest BCUT2D eigenvalue weighted by Crippen LogP contribution is -2.21. The lowest BCUT2D eigenvalue weighted by molar-refractivity contribution is 0.174. The highest BCUT2D eigenvalue weighted by molar-refractivity contribution is 5.47. The molecule has 3 heterocycles. The minimum Gasteiger partial charge on any atom is -0.454 e. The van der Waals surface area contributed by atoms with Crippen LogP contribution in [-0.4, -0.2) is 29.9 Å². The molecular formula is C17H20N4O2. The van der Waals surface area contributed by atoms with Gasteiger partial charge in [0.25, 0.3) is 0 Å². The number of nitrogens with one attached hydrogen (secondary N) is 1. The van der Waals surface area contributed by atoms with Crippen molar-refractivity contribution in [2.24, 2.45) is 0 Å². The topological polar surface area (TPSA) is 59.5 Å². The van der Waals surface area contributed by atoms with Crippen molar-refractivity contribution < 1.29 is 9.47 Å². The predicted octanol–water partition coefficient (Wildman–Crippen LogP) is 2.73. The molecular weight excluding hydrogens is 292 g/mol. The average Bonchev–Trinajstić information content (AvgIpc) is 3.23. The van der Waals surface area contributed by atoms with Crippen LogP contribution in [0, 0.1) is 6.92 Å². The molecule has 6 heteroatoms. The Morgan fingerprint density at radius 3 is 2.78 bits per heavy atom. The minimum atomic E-state index is 0.302. The van der Waals surface area contributed by atoms with E-state index >= 15 is 0 Å². The standard InChI is InChI=1S/C17H20N4O2/c1-12-8-16(20-17(19-12)21-6-2-3-7-21)18-10-13-4-5-14-15(9-13)23-11-22-14/h4-5,8-9H,2-3,6-7,10-11H2,1H3,(H,18,19,20). The molecule has 1 N–H and O–H groups in total. The molecule has 0 saturated carbocycles. The number of fused-ring (bicyclic) bond motifs is 1. The highest BCUT2D eigenvalue weighted by Gasteiger charge is 2.16. The second-order valence-electron chi connectivity index (χ2n) is 5.93. The molecule has 1 aromatic carbocycles. The van der Waals surface area contributed by atoms with E-state index in [0.717, 1.165) is 47.6 Å². The van der Waals surface area contributed by atoms with E-state index in [4.69, 9.17) is 9.47 Å². The first-order valence-corrected chi connectivity index (χ1v) is 8.01. The largest absolute Gasteiger partial charge is 0.454 e. The monoisotopic (exact) mass is 312 g/mol. The molecule has 0 amide bonds. The molecule has 2 aliphatic heterocycles. The normalized spacial score (nSPS) is 16.0. The van der Waals surface area contributed by atoms with Crippen molar-refractivity contribution >= 4 is 11.8 Å². The van der Waals surface area contributed by atoms with E-state index in [1.165, 1.54) is 12.8 Å². The molecule has 4 rings (SSSR count). The van der Waals surface area contributed by atoms with Crippen LogP contribution in [0.3, 0.4) is 0 Å². The molecule has 0 unspecified atom stereocenters. The summed E-state index contributed by atoms with van der Waals surface area (Å²) in [6, 6.07) is 7.97. The zero-order valence-corrected chi connectivity index (χ0v) is 13.2. The van der Waals surface area contributed by atoms with Gasteiger partial charge in [0, 0.05) is 31.4 Å². The molecule has 2 aliphatic rings.